The Hall–Kier alpha value is -1.35. The summed E-state index contributed by atoms with van der Waals surface area (Å²) in [4.78, 5) is 12.0. The van der Waals surface area contributed by atoms with E-state index >= 15 is 0 Å². The van der Waals surface area contributed by atoms with Gasteiger partial charge in [-0.2, -0.15) is 0 Å². The number of carbonyl (C=O) groups excluding carboxylic acids is 1. The van der Waals surface area contributed by atoms with Crippen molar-refractivity contribution >= 4 is 5.91 Å². The highest BCUT2D eigenvalue weighted by Crippen LogP contribution is 2.21. The Morgan fingerprint density at radius 1 is 1.24 bits per heavy atom. The first-order valence-corrected chi connectivity index (χ1v) is 7.85. The molecule has 1 rings (SSSR count). The highest BCUT2D eigenvalue weighted by Gasteiger charge is 2.18. The van der Waals surface area contributed by atoms with Crippen LogP contribution in [0.15, 0.2) is 30.3 Å². The van der Waals surface area contributed by atoms with Crippen molar-refractivity contribution in [3.05, 3.63) is 35.9 Å². The minimum Gasteiger partial charge on any atom is -0.354 e. The zero-order chi connectivity index (χ0) is 15.9. The number of carbonyl (C=O) groups is 1. The maximum Gasteiger partial charge on any atom is 0.221 e. The first-order chi connectivity index (χ1) is 9.76. The molecule has 1 aromatic rings. The Morgan fingerprint density at radius 3 is 2.43 bits per heavy atom. The molecule has 0 heterocycles. The molecule has 0 radical (unpaired) electrons. The fourth-order valence-corrected chi connectivity index (χ4v) is 2.53. The fourth-order valence-electron chi connectivity index (χ4n) is 2.53. The van der Waals surface area contributed by atoms with Crippen molar-refractivity contribution in [2.75, 3.05) is 0 Å². The molecule has 0 spiro atoms. The minimum atomic E-state index is -0.0636. The van der Waals surface area contributed by atoms with Crippen LogP contribution in [0.3, 0.4) is 0 Å². The molecular formula is C18H30N2O. The van der Waals surface area contributed by atoms with Gasteiger partial charge in [-0.3, -0.25) is 4.79 Å². The summed E-state index contributed by atoms with van der Waals surface area (Å²) in [6.45, 7) is 8.49. The van der Waals surface area contributed by atoms with Gasteiger partial charge in [-0.15, -0.1) is 0 Å². The zero-order valence-corrected chi connectivity index (χ0v) is 13.9. The number of benzene rings is 1. The number of aryl methyl sites for hydroxylation is 1. The quantitative estimate of drug-likeness (QED) is 0.809. The minimum absolute atomic E-state index is 0.0623. The zero-order valence-electron chi connectivity index (χ0n) is 13.9. The third-order valence-corrected chi connectivity index (χ3v) is 3.44. The van der Waals surface area contributed by atoms with Crippen LogP contribution in [0.5, 0.6) is 0 Å². The summed E-state index contributed by atoms with van der Waals surface area (Å²) in [6, 6.07) is 10.5. The largest absolute Gasteiger partial charge is 0.354 e. The van der Waals surface area contributed by atoms with E-state index in [0.717, 1.165) is 19.3 Å². The third kappa shape index (κ3) is 8.51. The predicted octanol–water partition coefficient (Wildman–Crippen LogP) is 3.28. The number of hydrogen-bond donors (Lipinski definition) is 2. The van der Waals surface area contributed by atoms with Crippen LogP contribution in [0.1, 0.15) is 52.5 Å². The van der Waals surface area contributed by atoms with Crippen molar-refractivity contribution in [1.82, 2.24) is 5.32 Å². The van der Waals surface area contributed by atoms with E-state index < -0.39 is 0 Å². The van der Waals surface area contributed by atoms with Gasteiger partial charge in [0, 0.05) is 18.5 Å². The van der Waals surface area contributed by atoms with E-state index in [1.165, 1.54) is 5.56 Å². The summed E-state index contributed by atoms with van der Waals surface area (Å²) in [7, 11) is 0. The predicted molar refractivity (Wildman–Crippen MR) is 89.0 cm³/mol. The van der Waals surface area contributed by atoms with Crippen LogP contribution in [0.4, 0.5) is 0 Å². The summed E-state index contributed by atoms with van der Waals surface area (Å²) >= 11 is 0. The van der Waals surface area contributed by atoms with Crippen molar-refractivity contribution in [2.24, 2.45) is 11.1 Å². The number of rotatable bonds is 7. The molecule has 0 saturated heterocycles. The van der Waals surface area contributed by atoms with Gasteiger partial charge in [0.05, 0.1) is 0 Å². The number of amides is 1. The van der Waals surface area contributed by atoms with E-state index in [-0.39, 0.29) is 23.4 Å². The molecule has 3 heteroatoms. The summed E-state index contributed by atoms with van der Waals surface area (Å²) in [5, 5.41) is 3.05. The van der Waals surface area contributed by atoms with Gasteiger partial charge in [0.2, 0.25) is 5.91 Å². The van der Waals surface area contributed by atoms with Gasteiger partial charge in [-0.25, -0.2) is 0 Å². The average molecular weight is 290 g/mol. The lowest BCUT2D eigenvalue weighted by molar-refractivity contribution is -0.122. The Balaban J connectivity index is 2.27. The number of hydrogen-bond acceptors (Lipinski definition) is 2. The van der Waals surface area contributed by atoms with Crippen LogP contribution in [0, 0.1) is 5.41 Å². The molecule has 2 unspecified atom stereocenters. The lowest BCUT2D eigenvalue weighted by Crippen LogP contribution is -2.38. The standard InChI is InChI=1S/C18H30N2O/c1-14(10-11-15-8-6-5-7-9-15)20-17(21)12-16(19)13-18(2,3)4/h5-9,14,16H,10-13,19H2,1-4H3,(H,20,21). The van der Waals surface area contributed by atoms with Crippen LogP contribution < -0.4 is 11.1 Å². The third-order valence-electron chi connectivity index (χ3n) is 3.44. The SMILES string of the molecule is CC(CCc1ccccc1)NC(=O)CC(N)CC(C)(C)C. The van der Waals surface area contributed by atoms with Gasteiger partial charge < -0.3 is 11.1 Å². The second-order valence-corrected chi connectivity index (χ2v) is 7.22. The van der Waals surface area contributed by atoms with E-state index in [1.54, 1.807) is 0 Å². The van der Waals surface area contributed by atoms with E-state index in [9.17, 15) is 4.79 Å². The van der Waals surface area contributed by atoms with Gasteiger partial charge >= 0.3 is 0 Å². The monoisotopic (exact) mass is 290 g/mol. The first-order valence-electron chi connectivity index (χ1n) is 7.85. The molecule has 1 aromatic carbocycles. The van der Waals surface area contributed by atoms with Gasteiger partial charge in [0.1, 0.15) is 0 Å². The fraction of sp³-hybridized carbons (Fsp3) is 0.611. The second-order valence-electron chi connectivity index (χ2n) is 7.22. The van der Waals surface area contributed by atoms with Crippen molar-refractivity contribution in [3.8, 4) is 0 Å². The van der Waals surface area contributed by atoms with Crippen LogP contribution in [-0.4, -0.2) is 18.0 Å². The second kappa shape index (κ2) is 8.18. The highest BCUT2D eigenvalue weighted by molar-refractivity contribution is 5.76. The molecule has 2 atom stereocenters. The summed E-state index contributed by atoms with van der Waals surface area (Å²) in [5.41, 5.74) is 7.51. The topological polar surface area (TPSA) is 55.1 Å². The van der Waals surface area contributed by atoms with Crippen molar-refractivity contribution in [2.45, 2.75) is 65.5 Å². The molecule has 1 amide bonds. The Morgan fingerprint density at radius 2 is 1.86 bits per heavy atom. The molecule has 118 valence electrons. The molecule has 0 aliphatic carbocycles. The van der Waals surface area contributed by atoms with Crippen molar-refractivity contribution in [1.29, 1.82) is 0 Å². The molecule has 3 N–H and O–H groups in total. The van der Waals surface area contributed by atoms with Gasteiger partial charge in [-0.1, -0.05) is 51.1 Å². The molecule has 3 nitrogen and oxygen atoms in total. The molecule has 21 heavy (non-hydrogen) atoms. The lowest BCUT2D eigenvalue weighted by atomic mass is 9.87. The van der Waals surface area contributed by atoms with Crippen LogP contribution in [0.25, 0.3) is 0 Å². The normalized spacial score (nSPS) is 14.5. The van der Waals surface area contributed by atoms with Crippen molar-refractivity contribution < 1.29 is 4.79 Å². The van der Waals surface area contributed by atoms with Crippen LogP contribution in [-0.2, 0) is 11.2 Å². The molecule has 0 aliphatic heterocycles. The summed E-state index contributed by atoms with van der Waals surface area (Å²) < 4.78 is 0. The molecule has 0 aromatic heterocycles. The van der Waals surface area contributed by atoms with Crippen molar-refractivity contribution in [3.63, 3.8) is 0 Å². The highest BCUT2D eigenvalue weighted by atomic mass is 16.1. The van der Waals surface area contributed by atoms with Gasteiger partial charge in [0.25, 0.3) is 0 Å². The van der Waals surface area contributed by atoms with Crippen LogP contribution in [0.2, 0.25) is 0 Å². The molecule has 0 bridgehead atoms. The smallest absolute Gasteiger partial charge is 0.221 e. The number of nitrogens with one attached hydrogen (secondary N) is 1. The first kappa shape index (κ1) is 17.7. The summed E-state index contributed by atoms with van der Waals surface area (Å²) in [6.07, 6.45) is 3.20. The van der Waals surface area contributed by atoms with Gasteiger partial charge in [0.15, 0.2) is 0 Å². The van der Waals surface area contributed by atoms with Crippen LogP contribution >= 0.6 is 0 Å². The molecular weight excluding hydrogens is 260 g/mol. The molecule has 0 fully saturated rings. The Bertz CT molecular complexity index is 423. The van der Waals surface area contributed by atoms with Gasteiger partial charge in [-0.05, 0) is 37.2 Å². The molecule has 0 saturated carbocycles. The summed E-state index contributed by atoms with van der Waals surface area (Å²) in [5.74, 6) is 0.0623. The molecule has 0 aliphatic rings. The maximum atomic E-state index is 12.0. The van der Waals surface area contributed by atoms with E-state index in [1.807, 2.05) is 18.2 Å². The Labute approximate surface area is 129 Å². The maximum absolute atomic E-state index is 12.0. The van der Waals surface area contributed by atoms with E-state index in [0.29, 0.717) is 6.42 Å². The van der Waals surface area contributed by atoms with E-state index in [4.69, 9.17) is 5.73 Å². The lowest BCUT2D eigenvalue weighted by Gasteiger charge is -2.23. The number of nitrogens with two attached hydrogens (primary N) is 1. The van der Waals surface area contributed by atoms with E-state index in [2.05, 4.69) is 45.1 Å². The Kier molecular flexibility index (Phi) is 6.90. The average Bonchev–Trinajstić information content (AvgIpc) is 2.35.